The summed E-state index contributed by atoms with van der Waals surface area (Å²) >= 11 is 5.84. The first-order valence-corrected chi connectivity index (χ1v) is 6.50. The second-order valence-corrected chi connectivity index (χ2v) is 4.52. The lowest BCUT2D eigenvalue weighted by molar-refractivity contribution is 0.111. The normalized spacial score (nSPS) is 10.0. The predicted octanol–water partition coefficient (Wildman–Crippen LogP) is 3.14. The molecule has 2 rings (SSSR count). The number of carbonyl (C=O) groups is 1. The molecule has 0 amide bonds. The third kappa shape index (κ3) is 3.44. The standard InChI is InChI=1S/C15H14ClNO4/c1-19-14-5-6-17-12(15(14)20-2)9-21-13-4-3-11(16)7-10(13)8-18/h3-8H,9H2,1-2H3. The Labute approximate surface area is 127 Å². The van der Waals surface area contributed by atoms with E-state index in [-0.39, 0.29) is 6.61 Å². The Morgan fingerprint density at radius 3 is 2.67 bits per heavy atom. The average Bonchev–Trinajstić information content (AvgIpc) is 2.52. The SMILES string of the molecule is COc1ccnc(COc2ccc(Cl)cc2C=O)c1OC. The number of benzene rings is 1. The van der Waals surface area contributed by atoms with Crippen molar-refractivity contribution in [3.63, 3.8) is 0 Å². The molecule has 1 aromatic heterocycles. The van der Waals surface area contributed by atoms with Crippen molar-refractivity contribution in [2.45, 2.75) is 6.61 Å². The van der Waals surface area contributed by atoms with Gasteiger partial charge in [0.05, 0.1) is 19.8 Å². The Morgan fingerprint density at radius 2 is 2.00 bits per heavy atom. The zero-order valence-electron chi connectivity index (χ0n) is 11.6. The third-order valence-electron chi connectivity index (χ3n) is 2.83. The van der Waals surface area contributed by atoms with Gasteiger partial charge in [-0.05, 0) is 18.2 Å². The third-order valence-corrected chi connectivity index (χ3v) is 3.06. The fourth-order valence-corrected chi connectivity index (χ4v) is 2.02. The van der Waals surface area contributed by atoms with Crippen molar-refractivity contribution in [2.75, 3.05) is 14.2 Å². The topological polar surface area (TPSA) is 57.7 Å². The minimum absolute atomic E-state index is 0.142. The molecule has 1 aromatic carbocycles. The summed E-state index contributed by atoms with van der Waals surface area (Å²) in [6.45, 7) is 0.142. The zero-order valence-corrected chi connectivity index (χ0v) is 12.4. The molecule has 110 valence electrons. The van der Waals surface area contributed by atoms with Crippen LogP contribution in [0.4, 0.5) is 0 Å². The lowest BCUT2D eigenvalue weighted by Crippen LogP contribution is -2.04. The molecule has 2 aromatic rings. The maximum Gasteiger partial charge on any atom is 0.185 e. The van der Waals surface area contributed by atoms with Gasteiger partial charge >= 0.3 is 0 Å². The number of aromatic nitrogens is 1. The zero-order chi connectivity index (χ0) is 15.2. The van der Waals surface area contributed by atoms with Gasteiger partial charge in [0.1, 0.15) is 18.1 Å². The molecule has 0 spiro atoms. The van der Waals surface area contributed by atoms with Crippen molar-refractivity contribution in [1.29, 1.82) is 0 Å². The van der Waals surface area contributed by atoms with E-state index in [4.69, 9.17) is 25.8 Å². The summed E-state index contributed by atoms with van der Waals surface area (Å²) in [5.74, 6) is 1.50. The second kappa shape index (κ2) is 6.95. The molecule has 0 aliphatic rings. The lowest BCUT2D eigenvalue weighted by Gasteiger charge is -2.13. The Kier molecular flexibility index (Phi) is 5.00. The molecular weight excluding hydrogens is 294 g/mol. The summed E-state index contributed by atoms with van der Waals surface area (Å²) in [5.41, 5.74) is 0.952. The minimum Gasteiger partial charge on any atom is -0.493 e. The highest BCUT2D eigenvalue weighted by atomic mass is 35.5. The summed E-state index contributed by atoms with van der Waals surface area (Å²) in [7, 11) is 3.08. The van der Waals surface area contributed by atoms with E-state index >= 15 is 0 Å². The number of rotatable bonds is 6. The molecule has 0 atom stereocenters. The van der Waals surface area contributed by atoms with E-state index < -0.39 is 0 Å². The lowest BCUT2D eigenvalue weighted by atomic mass is 10.2. The van der Waals surface area contributed by atoms with Gasteiger partial charge in [-0.25, -0.2) is 0 Å². The maximum atomic E-state index is 11.0. The molecule has 0 bridgehead atoms. The summed E-state index contributed by atoms with van der Waals surface area (Å²) in [6.07, 6.45) is 2.29. The van der Waals surface area contributed by atoms with E-state index in [1.807, 2.05) is 0 Å². The van der Waals surface area contributed by atoms with E-state index in [9.17, 15) is 4.79 Å². The Balaban J connectivity index is 2.22. The first-order chi connectivity index (χ1) is 10.2. The van der Waals surface area contributed by atoms with Crippen LogP contribution in [0.1, 0.15) is 16.1 Å². The largest absolute Gasteiger partial charge is 0.493 e. The maximum absolute atomic E-state index is 11.0. The number of aldehydes is 1. The highest BCUT2D eigenvalue weighted by Gasteiger charge is 2.12. The van der Waals surface area contributed by atoms with Crippen molar-refractivity contribution < 1.29 is 19.0 Å². The van der Waals surface area contributed by atoms with Crippen LogP contribution in [-0.4, -0.2) is 25.5 Å². The van der Waals surface area contributed by atoms with E-state index in [0.29, 0.717) is 39.8 Å². The molecule has 0 radical (unpaired) electrons. The van der Waals surface area contributed by atoms with Gasteiger partial charge in [0.2, 0.25) is 0 Å². The molecular formula is C15H14ClNO4. The van der Waals surface area contributed by atoms with E-state index in [1.54, 1.807) is 37.6 Å². The molecule has 0 unspecified atom stereocenters. The van der Waals surface area contributed by atoms with Crippen LogP contribution in [0, 0.1) is 0 Å². The Morgan fingerprint density at radius 1 is 1.19 bits per heavy atom. The van der Waals surface area contributed by atoms with Crippen LogP contribution in [0.5, 0.6) is 17.2 Å². The summed E-state index contributed by atoms with van der Waals surface area (Å²) in [6, 6.07) is 6.53. The second-order valence-electron chi connectivity index (χ2n) is 4.08. The molecule has 0 saturated carbocycles. The number of hydrogen-bond donors (Lipinski definition) is 0. The predicted molar refractivity (Wildman–Crippen MR) is 78.5 cm³/mol. The fraction of sp³-hybridized carbons (Fsp3) is 0.200. The number of nitrogens with zero attached hydrogens (tertiary/aromatic N) is 1. The number of methoxy groups -OCH3 is 2. The van der Waals surface area contributed by atoms with Gasteiger partial charge in [-0.1, -0.05) is 11.6 Å². The van der Waals surface area contributed by atoms with Gasteiger partial charge in [0.25, 0.3) is 0 Å². The van der Waals surface area contributed by atoms with Crippen LogP contribution >= 0.6 is 11.6 Å². The molecule has 0 aliphatic heterocycles. The molecule has 0 aliphatic carbocycles. The van der Waals surface area contributed by atoms with Crippen LogP contribution in [0.15, 0.2) is 30.5 Å². The van der Waals surface area contributed by atoms with Gasteiger partial charge in [0.15, 0.2) is 17.8 Å². The fourth-order valence-electron chi connectivity index (χ4n) is 1.84. The first-order valence-electron chi connectivity index (χ1n) is 6.13. The summed E-state index contributed by atoms with van der Waals surface area (Å²) in [5, 5.41) is 0.474. The molecule has 21 heavy (non-hydrogen) atoms. The van der Waals surface area contributed by atoms with Gasteiger partial charge in [-0.3, -0.25) is 9.78 Å². The molecule has 0 fully saturated rings. The quantitative estimate of drug-likeness (QED) is 0.767. The first kappa shape index (κ1) is 15.1. The van der Waals surface area contributed by atoms with Crippen LogP contribution in [-0.2, 0) is 6.61 Å². The number of halogens is 1. The van der Waals surface area contributed by atoms with Crippen LogP contribution in [0.3, 0.4) is 0 Å². The van der Waals surface area contributed by atoms with E-state index in [1.165, 1.54) is 7.11 Å². The van der Waals surface area contributed by atoms with Crippen molar-refractivity contribution in [3.05, 3.63) is 46.7 Å². The number of carbonyl (C=O) groups excluding carboxylic acids is 1. The minimum atomic E-state index is 0.142. The molecule has 0 N–H and O–H groups in total. The summed E-state index contributed by atoms with van der Waals surface area (Å²) < 4.78 is 16.1. The van der Waals surface area contributed by atoms with Crippen molar-refractivity contribution in [2.24, 2.45) is 0 Å². The molecule has 5 nitrogen and oxygen atoms in total. The van der Waals surface area contributed by atoms with Crippen LogP contribution in [0.25, 0.3) is 0 Å². The number of ether oxygens (including phenoxy) is 3. The van der Waals surface area contributed by atoms with Crippen molar-refractivity contribution in [1.82, 2.24) is 4.98 Å². The average molecular weight is 308 g/mol. The monoisotopic (exact) mass is 307 g/mol. The van der Waals surface area contributed by atoms with Gasteiger partial charge in [0, 0.05) is 17.3 Å². The molecule has 1 heterocycles. The van der Waals surface area contributed by atoms with Gasteiger partial charge in [-0.2, -0.15) is 0 Å². The highest BCUT2D eigenvalue weighted by molar-refractivity contribution is 6.30. The Bertz CT molecular complexity index is 646. The molecule has 0 saturated heterocycles. The van der Waals surface area contributed by atoms with Crippen LogP contribution in [0.2, 0.25) is 5.02 Å². The number of hydrogen-bond acceptors (Lipinski definition) is 5. The number of pyridine rings is 1. The molecule has 6 heteroatoms. The van der Waals surface area contributed by atoms with Crippen molar-refractivity contribution >= 4 is 17.9 Å². The van der Waals surface area contributed by atoms with Gasteiger partial charge in [-0.15, -0.1) is 0 Å². The van der Waals surface area contributed by atoms with Crippen molar-refractivity contribution in [3.8, 4) is 17.2 Å². The van der Waals surface area contributed by atoms with Crippen LogP contribution < -0.4 is 14.2 Å². The summed E-state index contributed by atoms with van der Waals surface area (Å²) in [4.78, 5) is 15.2. The van der Waals surface area contributed by atoms with E-state index in [0.717, 1.165) is 0 Å². The van der Waals surface area contributed by atoms with E-state index in [2.05, 4.69) is 4.98 Å². The Hall–Kier alpha value is -2.27. The van der Waals surface area contributed by atoms with Gasteiger partial charge < -0.3 is 14.2 Å². The smallest absolute Gasteiger partial charge is 0.185 e. The highest BCUT2D eigenvalue weighted by Crippen LogP contribution is 2.30.